The maximum atomic E-state index is 13.1. The molecule has 1 aliphatic heterocycles. The van der Waals surface area contributed by atoms with Gasteiger partial charge in [0.2, 0.25) is 5.91 Å². The molecule has 0 aromatic heterocycles. The van der Waals surface area contributed by atoms with E-state index in [2.05, 4.69) is 31.4 Å². The Balaban J connectivity index is 0.00000264. The smallest absolute Gasteiger partial charge is 0.230 e. The molecule has 1 aromatic carbocycles. The molecule has 1 heterocycles. The Morgan fingerprint density at radius 1 is 1.30 bits per heavy atom. The van der Waals surface area contributed by atoms with Crippen LogP contribution in [-0.4, -0.2) is 25.0 Å². The molecule has 1 amide bonds. The van der Waals surface area contributed by atoms with Crippen molar-refractivity contribution in [3.63, 3.8) is 0 Å². The van der Waals surface area contributed by atoms with Gasteiger partial charge in [0.25, 0.3) is 0 Å². The molecule has 1 aliphatic rings. The molecule has 3 nitrogen and oxygen atoms in total. The molecular weight excluding hydrogens is 331 g/mol. The van der Waals surface area contributed by atoms with Crippen LogP contribution in [0.1, 0.15) is 45.6 Å². The summed E-state index contributed by atoms with van der Waals surface area (Å²) in [5, 5.41) is 7.39. The van der Waals surface area contributed by atoms with Gasteiger partial charge in [-0.3, -0.25) is 4.79 Å². The van der Waals surface area contributed by atoms with Gasteiger partial charge >= 0.3 is 0 Å². The van der Waals surface area contributed by atoms with E-state index in [9.17, 15) is 4.79 Å². The molecule has 2 rings (SSSR count). The molecule has 1 fully saturated rings. The standard InChI is InChI=1S/C18H27ClN2O.ClH/c1-4-18(5-2,14-6-8-15(19)9-7-14)17(22)21-16-10-11-20-12-13(16)3;/h6-9,13,16,20H,4-5,10-12H2,1-3H3,(H,21,22);1H. The zero-order valence-corrected chi connectivity index (χ0v) is 15.8. The lowest BCUT2D eigenvalue weighted by atomic mass is 9.74. The van der Waals surface area contributed by atoms with Crippen LogP contribution in [0, 0.1) is 5.92 Å². The predicted octanol–water partition coefficient (Wildman–Crippen LogP) is 3.93. The number of hydrogen-bond donors (Lipinski definition) is 2. The average Bonchev–Trinajstić information content (AvgIpc) is 2.53. The van der Waals surface area contributed by atoms with E-state index in [1.165, 1.54) is 0 Å². The van der Waals surface area contributed by atoms with Crippen molar-refractivity contribution in [3.05, 3.63) is 34.9 Å². The normalized spacial score (nSPS) is 21.4. The van der Waals surface area contributed by atoms with Crippen molar-refractivity contribution in [1.82, 2.24) is 10.6 Å². The highest BCUT2D eigenvalue weighted by Gasteiger charge is 2.38. The van der Waals surface area contributed by atoms with Crippen LogP contribution < -0.4 is 10.6 Å². The van der Waals surface area contributed by atoms with Crippen LogP contribution in [0.4, 0.5) is 0 Å². The molecule has 2 unspecified atom stereocenters. The molecule has 5 heteroatoms. The van der Waals surface area contributed by atoms with E-state index in [-0.39, 0.29) is 24.4 Å². The number of benzene rings is 1. The lowest BCUT2D eigenvalue weighted by Crippen LogP contribution is -2.53. The number of rotatable bonds is 5. The number of carbonyl (C=O) groups excluding carboxylic acids is 1. The minimum absolute atomic E-state index is 0. The van der Waals surface area contributed by atoms with Gasteiger partial charge in [-0.05, 0) is 56.0 Å². The molecule has 0 saturated carbocycles. The first-order chi connectivity index (χ1) is 10.5. The molecule has 1 aromatic rings. The van der Waals surface area contributed by atoms with Gasteiger partial charge in [-0.25, -0.2) is 0 Å². The summed E-state index contributed by atoms with van der Waals surface area (Å²) in [6.45, 7) is 8.31. The Hall–Kier alpha value is -0.770. The monoisotopic (exact) mass is 358 g/mol. The first-order valence-electron chi connectivity index (χ1n) is 8.31. The molecule has 23 heavy (non-hydrogen) atoms. The van der Waals surface area contributed by atoms with Gasteiger partial charge in [0, 0.05) is 11.1 Å². The van der Waals surface area contributed by atoms with Crippen molar-refractivity contribution >= 4 is 29.9 Å². The summed E-state index contributed by atoms with van der Waals surface area (Å²) in [4.78, 5) is 13.1. The predicted molar refractivity (Wildman–Crippen MR) is 99.5 cm³/mol. The maximum Gasteiger partial charge on any atom is 0.230 e. The maximum absolute atomic E-state index is 13.1. The van der Waals surface area contributed by atoms with Crippen LogP contribution >= 0.6 is 24.0 Å². The van der Waals surface area contributed by atoms with Crippen LogP contribution in [0.5, 0.6) is 0 Å². The quantitative estimate of drug-likeness (QED) is 0.836. The highest BCUT2D eigenvalue weighted by atomic mass is 35.5. The highest BCUT2D eigenvalue weighted by molar-refractivity contribution is 6.30. The van der Waals surface area contributed by atoms with Gasteiger partial charge in [-0.2, -0.15) is 0 Å². The van der Waals surface area contributed by atoms with E-state index >= 15 is 0 Å². The highest BCUT2D eigenvalue weighted by Crippen LogP contribution is 2.33. The Morgan fingerprint density at radius 3 is 2.43 bits per heavy atom. The van der Waals surface area contributed by atoms with Crippen LogP contribution in [0.3, 0.4) is 0 Å². The van der Waals surface area contributed by atoms with Crippen LogP contribution in [-0.2, 0) is 10.2 Å². The molecule has 1 saturated heterocycles. The molecule has 130 valence electrons. The number of carbonyl (C=O) groups is 1. The van der Waals surface area contributed by atoms with Crippen molar-refractivity contribution < 1.29 is 4.79 Å². The van der Waals surface area contributed by atoms with Crippen molar-refractivity contribution in [2.24, 2.45) is 5.92 Å². The van der Waals surface area contributed by atoms with Gasteiger partial charge in [0.15, 0.2) is 0 Å². The zero-order valence-electron chi connectivity index (χ0n) is 14.2. The van der Waals surface area contributed by atoms with E-state index in [1.54, 1.807) is 0 Å². The summed E-state index contributed by atoms with van der Waals surface area (Å²) in [7, 11) is 0. The average molecular weight is 359 g/mol. The van der Waals surface area contributed by atoms with Crippen molar-refractivity contribution in [2.45, 2.75) is 51.5 Å². The van der Waals surface area contributed by atoms with Gasteiger partial charge in [0.1, 0.15) is 0 Å². The lowest BCUT2D eigenvalue weighted by Gasteiger charge is -2.36. The topological polar surface area (TPSA) is 41.1 Å². The summed E-state index contributed by atoms with van der Waals surface area (Å²) in [6.07, 6.45) is 2.57. The van der Waals surface area contributed by atoms with E-state index in [0.29, 0.717) is 10.9 Å². The fourth-order valence-electron chi connectivity index (χ4n) is 3.41. The number of hydrogen-bond acceptors (Lipinski definition) is 2. The Kier molecular flexibility index (Phi) is 7.85. The summed E-state index contributed by atoms with van der Waals surface area (Å²) in [5.74, 6) is 0.618. The number of halogens is 2. The van der Waals surface area contributed by atoms with E-state index in [1.807, 2.05) is 24.3 Å². The fourth-order valence-corrected chi connectivity index (χ4v) is 3.54. The molecule has 0 bridgehead atoms. The zero-order chi connectivity index (χ0) is 16.2. The second-order valence-electron chi connectivity index (χ2n) is 6.35. The van der Waals surface area contributed by atoms with Crippen LogP contribution in [0.15, 0.2) is 24.3 Å². The summed E-state index contributed by atoms with van der Waals surface area (Å²) >= 11 is 5.99. The lowest BCUT2D eigenvalue weighted by molar-refractivity contribution is -0.128. The Labute approximate surface area is 151 Å². The van der Waals surface area contributed by atoms with Gasteiger partial charge in [0.05, 0.1) is 5.41 Å². The molecule has 2 atom stereocenters. The van der Waals surface area contributed by atoms with Gasteiger partial charge < -0.3 is 10.6 Å². The summed E-state index contributed by atoms with van der Waals surface area (Å²) < 4.78 is 0. The molecule has 0 aliphatic carbocycles. The SMILES string of the molecule is CCC(CC)(C(=O)NC1CCNCC1C)c1ccc(Cl)cc1.Cl. The largest absolute Gasteiger partial charge is 0.352 e. The number of amides is 1. The second-order valence-corrected chi connectivity index (χ2v) is 6.78. The minimum Gasteiger partial charge on any atom is -0.352 e. The first-order valence-corrected chi connectivity index (χ1v) is 8.69. The van der Waals surface area contributed by atoms with Crippen molar-refractivity contribution in [3.8, 4) is 0 Å². The number of nitrogens with one attached hydrogen (secondary N) is 2. The third-order valence-electron chi connectivity index (χ3n) is 5.14. The third kappa shape index (κ3) is 4.40. The van der Waals surface area contributed by atoms with E-state index in [4.69, 9.17) is 11.6 Å². The van der Waals surface area contributed by atoms with Gasteiger partial charge in [-0.1, -0.05) is 44.5 Å². The Morgan fingerprint density at radius 2 is 1.91 bits per heavy atom. The van der Waals surface area contributed by atoms with Crippen LogP contribution in [0.25, 0.3) is 0 Å². The van der Waals surface area contributed by atoms with Crippen molar-refractivity contribution in [2.75, 3.05) is 13.1 Å². The minimum atomic E-state index is -0.463. The molecule has 2 N–H and O–H groups in total. The Bertz CT molecular complexity index is 500. The third-order valence-corrected chi connectivity index (χ3v) is 5.39. The molecular formula is C18H28Cl2N2O. The van der Waals surface area contributed by atoms with Gasteiger partial charge in [-0.15, -0.1) is 12.4 Å². The molecule has 0 spiro atoms. The first kappa shape index (κ1) is 20.3. The van der Waals surface area contributed by atoms with Crippen molar-refractivity contribution in [1.29, 1.82) is 0 Å². The summed E-state index contributed by atoms with van der Waals surface area (Å²) in [5.41, 5.74) is 0.593. The number of piperidine rings is 1. The van der Waals surface area contributed by atoms with Crippen LogP contribution in [0.2, 0.25) is 5.02 Å². The van der Waals surface area contributed by atoms with E-state index < -0.39 is 5.41 Å². The van der Waals surface area contributed by atoms with E-state index in [0.717, 1.165) is 37.9 Å². The summed E-state index contributed by atoms with van der Waals surface area (Å²) in [6, 6.07) is 7.98. The fraction of sp³-hybridized carbons (Fsp3) is 0.611. The molecule has 0 radical (unpaired) electrons. The second kappa shape index (κ2) is 8.91.